The number of hydrogen-bond acceptors (Lipinski definition) is 3. The highest BCUT2D eigenvalue weighted by Crippen LogP contribution is 2.30. The summed E-state index contributed by atoms with van der Waals surface area (Å²) in [5, 5.41) is 5.64. The Bertz CT molecular complexity index is 1020. The Morgan fingerprint density at radius 3 is 2.13 bits per heavy atom. The molecule has 0 atom stereocenters. The van der Waals surface area contributed by atoms with Gasteiger partial charge in [0.25, 0.3) is 11.8 Å². The normalized spacial score (nSPS) is 10.9. The fraction of sp³-hybridized carbons (Fsp3) is 0.200. The summed E-state index contributed by atoms with van der Waals surface area (Å²) in [5.74, 6) is 0.218. The average molecular weight is 402 g/mol. The van der Waals surface area contributed by atoms with Gasteiger partial charge in [0.2, 0.25) is 0 Å². The predicted octanol–water partition coefficient (Wildman–Crippen LogP) is 5.25. The van der Waals surface area contributed by atoms with Crippen LogP contribution in [0.3, 0.4) is 0 Å². The maximum Gasteiger partial charge on any atom is 0.262 e. The van der Waals surface area contributed by atoms with Crippen LogP contribution < -0.4 is 15.4 Å². The molecule has 3 rings (SSSR count). The van der Waals surface area contributed by atoms with Gasteiger partial charge < -0.3 is 15.4 Å². The van der Waals surface area contributed by atoms with E-state index >= 15 is 0 Å². The molecule has 0 aliphatic heterocycles. The smallest absolute Gasteiger partial charge is 0.262 e. The fourth-order valence-corrected chi connectivity index (χ4v) is 3.02. The molecular weight excluding hydrogens is 376 g/mol. The van der Waals surface area contributed by atoms with Crippen LogP contribution in [0, 0.1) is 0 Å². The van der Waals surface area contributed by atoms with Gasteiger partial charge in [-0.3, -0.25) is 9.59 Å². The largest absolute Gasteiger partial charge is 0.483 e. The molecule has 0 heterocycles. The molecule has 0 spiro atoms. The molecule has 3 aromatic carbocycles. The quantitative estimate of drug-likeness (QED) is 0.591. The molecule has 30 heavy (non-hydrogen) atoms. The van der Waals surface area contributed by atoms with E-state index in [4.69, 9.17) is 4.74 Å². The number of carbonyl (C=O) groups excluding carboxylic acids is 2. The zero-order valence-electron chi connectivity index (χ0n) is 17.4. The number of para-hydroxylation sites is 1. The van der Waals surface area contributed by atoms with E-state index in [1.807, 2.05) is 42.5 Å². The van der Waals surface area contributed by atoms with Gasteiger partial charge in [0.15, 0.2) is 6.61 Å². The molecule has 0 fully saturated rings. The van der Waals surface area contributed by atoms with Gasteiger partial charge in [-0.1, -0.05) is 63.2 Å². The Kier molecular flexibility index (Phi) is 6.52. The standard InChI is InChI=1S/C25H26N2O3/c1-25(2,3)21-14-7-8-15-22(21)30-17-23(28)26-19-12-9-13-20(16-19)27-24(29)18-10-5-4-6-11-18/h4-16H,17H2,1-3H3,(H,26,28)(H,27,29). The van der Waals surface area contributed by atoms with Crippen molar-refractivity contribution in [1.82, 2.24) is 0 Å². The van der Waals surface area contributed by atoms with Crippen LogP contribution in [-0.2, 0) is 10.2 Å². The van der Waals surface area contributed by atoms with E-state index in [-0.39, 0.29) is 23.8 Å². The van der Waals surface area contributed by atoms with E-state index in [2.05, 4.69) is 31.4 Å². The third-order valence-corrected chi connectivity index (χ3v) is 4.49. The summed E-state index contributed by atoms with van der Waals surface area (Å²) in [7, 11) is 0. The van der Waals surface area contributed by atoms with Crippen LogP contribution in [0.4, 0.5) is 11.4 Å². The van der Waals surface area contributed by atoms with E-state index in [1.165, 1.54) is 0 Å². The monoisotopic (exact) mass is 402 g/mol. The Hall–Kier alpha value is -3.60. The van der Waals surface area contributed by atoms with Crippen molar-refractivity contribution in [3.05, 3.63) is 90.0 Å². The number of hydrogen-bond donors (Lipinski definition) is 2. The zero-order valence-corrected chi connectivity index (χ0v) is 17.4. The van der Waals surface area contributed by atoms with E-state index in [1.54, 1.807) is 36.4 Å². The number of benzene rings is 3. The number of anilines is 2. The first-order valence-corrected chi connectivity index (χ1v) is 9.81. The van der Waals surface area contributed by atoms with Crippen LogP contribution >= 0.6 is 0 Å². The lowest BCUT2D eigenvalue weighted by atomic mass is 9.86. The fourth-order valence-electron chi connectivity index (χ4n) is 3.02. The van der Waals surface area contributed by atoms with Crippen LogP contribution in [0.25, 0.3) is 0 Å². The summed E-state index contributed by atoms with van der Waals surface area (Å²) in [6.45, 7) is 6.20. The molecule has 2 N–H and O–H groups in total. The summed E-state index contributed by atoms with van der Waals surface area (Å²) in [6.07, 6.45) is 0. The second-order valence-corrected chi connectivity index (χ2v) is 7.98. The first-order valence-electron chi connectivity index (χ1n) is 9.81. The van der Waals surface area contributed by atoms with Gasteiger partial charge in [0, 0.05) is 16.9 Å². The number of amides is 2. The predicted molar refractivity (Wildman–Crippen MR) is 120 cm³/mol. The van der Waals surface area contributed by atoms with E-state index in [0.29, 0.717) is 22.7 Å². The Balaban J connectivity index is 1.60. The minimum Gasteiger partial charge on any atom is -0.483 e. The first kappa shape index (κ1) is 21.1. The maximum atomic E-state index is 12.4. The van der Waals surface area contributed by atoms with Crippen molar-refractivity contribution in [2.45, 2.75) is 26.2 Å². The number of nitrogens with one attached hydrogen (secondary N) is 2. The summed E-state index contributed by atoms with van der Waals surface area (Å²) < 4.78 is 5.77. The lowest BCUT2D eigenvalue weighted by molar-refractivity contribution is -0.118. The molecule has 5 heteroatoms. The molecule has 0 bridgehead atoms. The van der Waals surface area contributed by atoms with Crippen LogP contribution in [0.5, 0.6) is 5.75 Å². The van der Waals surface area contributed by atoms with Gasteiger partial charge in [-0.25, -0.2) is 0 Å². The van der Waals surface area contributed by atoms with E-state index < -0.39 is 0 Å². The topological polar surface area (TPSA) is 67.4 Å². The van der Waals surface area contributed by atoms with Gasteiger partial charge in [-0.05, 0) is 47.4 Å². The number of carbonyl (C=O) groups is 2. The van der Waals surface area contributed by atoms with E-state index in [9.17, 15) is 9.59 Å². The van der Waals surface area contributed by atoms with Crippen molar-refractivity contribution in [2.24, 2.45) is 0 Å². The zero-order chi connectivity index (χ0) is 21.6. The van der Waals surface area contributed by atoms with Crippen molar-refractivity contribution in [1.29, 1.82) is 0 Å². The van der Waals surface area contributed by atoms with Gasteiger partial charge in [0.1, 0.15) is 5.75 Å². The molecule has 0 saturated carbocycles. The summed E-state index contributed by atoms with van der Waals surface area (Å²) in [5.41, 5.74) is 2.71. The summed E-state index contributed by atoms with van der Waals surface area (Å²) in [4.78, 5) is 24.7. The SMILES string of the molecule is CC(C)(C)c1ccccc1OCC(=O)Nc1cccc(NC(=O)c2ccccc2)c1. The molecule has 0 radical (unpaired) electrons. The second-order valence-electron chi connectivity index (χ2n) is 7.98. The minimum atomic E-state index is -0.273. The summed E-state index contributed by atoms with van der Waals surface area (Å²) in [6, 6.07) is 23.7. The highest BCUT2D eigenvalue weighted by atomic mass is 16.5. The average Bonchev–Trinajstić information content (AvgIpc) is 2.73. The maximum absolute atomic E-state index is 12.4. The second kappa shape index (κ2) is 9.27. The molecule has 154 valence electrons. The third-order valence-electron chi connectivity index (χ3n) is 4.49. The Morgan fingerprint density at radius 2 is 1.43 bits per heavy atom. The highest BCUT2D eigenvalue weighted by molar-refractivity contribution is 6.04. The molecule has 0 aliphatic carbocycles. The van der Waals surface area contributed by atoms with Crippen molar-refractivity contribution in [2.75, 3.05) is 17.2 Å². The van der Waals surface area contributed by atoms with Crippen LogP contribution in [0.1, 0.15) is 36.7 Å². The number of rotatable bonds is 6. The van der Waals surface area contributed by atoms with Crippen LogP contribution in [-0.4, -0.2) is 18.4 Å². The highest BCUT2D eigenvalue weighted by Gasteiger charge is 2.19. The molecule has 0 aromatic heterocycles. The van der Waals surface area contributed by atoms with Gasteiger partial charge in [-0.15, -0.1) is 0 Å². The van der Waals surface area contributed by atoms with Crippen LogP contribution in [0.15, 0.2) is 78.9 Å². The molecule has 0 unspecified atom stereocenters. The molecule has 3 aromatic rings. The lowest BCUT2D eigenvalue weighted by Gasteiger charge is -2.22. The third kappa shape index (κ3) is 5.70. The van der Waals surface area contributed by atoms with Crippen molar-refractivity contribution >= 4 is 23.2 Å². The Labute approximate surface area is 177 Å². The van der Waals surface area contributed by atoms with Crippen molar-refractivity contribution < 1.29 is 14.3 Å². The van der Waals surface area contributed by atoms with Crippen LogP contribution in [0.2, 0.25) is 0 Å². The van der Waals surface area contributed by atoms with Gasteiger partial charge in [-0.2, -0.15) is 0 Å². The lowest BCUT2D eigenvalue weighted by Crippen LogP contribution is -2.22. The van der Waals surface area contributed by atoms with Crippen molar-refractivity contribution in [3.8, 4) is 5.75 Å². The molecule has 0 aliphatic rings. The minimum absolute atomic E-state index is 0.0850. The Morgan fingerprint density at radius 1 is 0.800 bits per heavy atom. The molecule has 0 saturated heterocycles. The molecule has 5 nitrogen and oxygen atoms in total. The first-order chi connectivity index (χ1) is 14.3. The molecule has 2 amide bonds. The number of ether oxygens (including phenoxy) is 1. The van der Waals surface area contributed by atoms with Gasteiger partial charge in [0.05, 0.1) is 0 Å². The van der Waals surface area contributed by atoms with Crippen molar-refractivity contribution in [3.63, 3.8) is 0 Å². The van der Waals surface area contributed by atoms with E-state index in [0.717, 1.165) is 5.56 Å². The van der Waals surface area contributed by atoms with Gasteiger partial charge >= 0.3 is 0 Å². The summed E-state index contributed by atoms with van der Waals surface area (Å²) >= 11 is 0. The molecular formula is C25H26N2O3.